The molecule has 4 heteroatoms. The van der Waals surface area contributed by atoms with Crippen molar-refractivity contribution < 1.29 is 9.53 Å². The molecule has 0 saturated heterocycles. The van der Waals surface area contributed by atoms with E-state index in [4.69, 9.17) is 10.5 Å². The van der Waals surface area contributed by atoms with Gasteiger partial charge in [-0.15, -0.1) is 0 Å². The summed E-state index contributed by atoms with van der Waals surface area (Å²) in [7, 11) is 3.84. The summed E-state index contributed by atoms with van der Waals surface area (Å²) in [5.41, 5.74) is 5.54. The Bertz CT molecular complexity index is 195. The lowest BCUT2D eigenvalue weighted by Gasteiger charge is -2.39. The van der Waals surface area contributed by atoms with E-state index in [1.54, 1.807) is 6.92 Å². The molecule has 4 nitrogen and oxygen atoms in total. The maximum absolute atomic E-state index is 11.5. The van der Waals surface area contributed by atoms with Crippen LogP contribution in [0, 0.1) is 0 Å². The highest BCUT2D eigenvalue weighted by molar-refractivity contribution is 5.77. The van der Waals surface area contributed by atoms with Gasteiger partial charge >= 0.3 is 5.97 Å². The molecule has 0 saturated carbocycles. The van der Waals surface area contributed by atoms with E-state index in [1.165, 1.54) is 0 Å². The summed E-state index contributed by atoms with van der Waals surface area (Å²) in [5.74, 6) is -0.328. The van der Waals surface area contributed by atoms with Crippen molar-refractivity contribution in [1.29, 1.82) is 0 Å². The van der Waals surface area contributed by atoms with Crippen LogP contribution in [0.25, 0.3) is 0 Å². The topological polar surface area (TPSA) is 55.6 Å². The smallest absolute Gasteiger partial charge is 0.324 e. The number of carbonyl (C=O) groups excluding carboxylic acids is 1. The number of hydrogen-bond acceptors (Lipinski definition) is 4. The molecular weight excluding hydrogens is 180 g/mol. The summed E-state index contributed by atoms with van der Waals surface area (Å²) in [6.07, 6.45) is 0.806. The van der Waals surface area contributed by atoms with Crippen molar-refractivity contribution in [1.82, 2.24) is 4.90 Å². The number of likely N-dealkylation sites (N-methyl/N-ethyl adjacent to an activating group) is 1. The second kappa shape index (κ2) is 5.32. The van der Waals surface area contributed by atoms with E-state index < -0.39 is 6.04 Å². The monoisotopic (exact) mass is 202 g/mol. The average Bonchev–Trinajstić information content (AvgIpc) is 2.15. The zero-order chi connectivity index (χ0) is 11.4. The van der Waals surface area contributed by atoms with Crippen molar-refractivity contribution in [2.24, 2.45) is 5.73 Å². The van der Waals surface area contributed by atoms with Crippen LogP contribution in [0.15, 0.2) is 0 Å². The van der Waals surface area contributed by atoms with Crippen molar-refractivity contribution in [3.63, 3.8) is 0 Å². The summed E-state index contributed by atoms with van der Waals surface area (Å²) < 4.78 is 4.91. The first-order valence-electron chi connectivity index (χ1n) is 4.99. The van der Waals surface area contributed by atoms with E-state index in [0.717, 1.165) is 6.42 Å². The van der Waals surface area contributed by atoms with Gasteiger partial charge in [0, 0.05) is 5.54 Å². The van der Waals surface area contributed by atoms with Crippen molar-refractivity contribution in [3.8, 4) is 0 Å². The Labute approximate surface area is 86.4 Å². The number of esters is 1. The lowest BCUT2D eigenvalue weighted by Crippen LogP contribution is -2.58. The Morgan fingerprint density at radius 3 is 2.29 bits per heavy atom. The number of hydrogen-bond donors (Lipinski definition) is 1. The van der Waals surface area contributed by atoms with Gasteiger partial charge in [-0.05, 0) is 34.4 Å². The zero-order valence-corrected chi connectivity index (χ0v) is 9.83. The van der Waals surface area contributed by atoms with Gasteiger partial charge in [0.2, 0.25) is 0 Å². The van der Waals surface area contributed by atoms with E-state index in [1.807, 2.05) is 32.8 Å². The quantitative estimate of drug-likeness (QED) is 0.664. The van der Waals surface area contributed by atoms with E-state index in [-0.39, 0.29) is 11.5 Å². The fraction of sp³-hybridized carbons (Fsp3) is 0.900. The maximum Gasteiger partial charge on any atom is 0.324 e. The lowest BCUT2D eigenvalue weighted by molar-refractivity contribution is -0.148. The zero-order valence-electron chi connectivity index (χ0n) is 9.83. The van der Waals surface area contributed by atoms with Gasteiger partial charge < -0.3 is 15.4 Å². The van der Waals surface area contributed by atoms with Gasteiger partial charge in [0.15, 0.2) is 0 Å². The van der Waals surface area contributed by atoms with Crippen LogP contribution in [0.1, 0.15) is 27.2 Å². The molecule has 0 bridgehead atoms. The predicted molar refractivity (Wildman–Crippen MR) is 57.0 cm³/mol. The average molecular weight is 202 g/mol. The fourth-order valence-corrected chi connectivity index (χ4v) is 1.30. The van der Waals surface area contributed by atoms with Gasteiger partial charge in [0.25, 0.3) is 0 Å². The van der Waals surface area contributed by atoms with Crippen LogP contribution < -0.4 is 5.73 Å². The van der Waals surface area contributed by atoms with Crippen LogP contribution in [0.5, 0.6) is 0 Å². The molecular formula is C10H22N2O2. The molecule has 0 rings (SSSR count). The molecule has 2 N–H and O–H groups in total. The highest BCUT2D eigenvalue weighted by Crippen LogP contribution is 2.20. The first-order chi connectivity index (χ1) is 6.40. The van der Waals surface area contributed by atoms with E-state index in [2.05, 4.69) is 0 Å². The first kappa shape index (κ1) is 13.4. The number of ether oxygens (including phenoxy) is 1. The van der Waals surface area contributed by atoms with Crippen LogP contribution >= 0.6 is 0 Å². The Hall–Kier alpha value is -0.610. The molecule has 0 heterocycles. The minimum absolute atomic E-state index is 0.328. The summed E-state index contributed by atoms with van der Waals surface area (Å²) in [6.45, 7) is 6.14. The molecule has 0 aromatic rings. The Morgan fingerprint density at radius 2 is 2.00 bits per heavy atom. The molecule has 0 aromatic carbocycles. The van der Waals surface area contributed by atoms with Crippen LogP contribution in [0.4, 0.5) is 0 Å². The summed E-state index contributed by atoms with van der Waals surface area (Å²) in [4.78, 5) is 13.4. The SMILES string of the molecule is CCOC(=O)[C@H](N)[C@@](C)(CC)N(C)C. The third kappa shape index (κ3) is 2.69. The minimum atomic E-state index is -0.595. The molecule has 0 aliphatic heterocycles. The molecule has 0 amide bonds. The van der Waals surface area contributed by atoms with Crippen molar-refractivity contribution in [2.75, 3.05) is 20.7 Å². The van der Waals surface area contributed by atoms with E-state index in [0.29, 0.717) is 6.61 Å². The second-order valence-electron chi connectivity index (χ2n) is 3.83. The van der Waals surface area contributed by atoms with Crippen LogP contribution in [-0.2, 0) is 9.53 Å². The molecule has 84 valence electrons. The van der Waals surface area contributed by atoms with Gasteiger partial charge in [-0.2, -0.15) is 0 Å². The largest absolute Gasteiger partial charge is 0.465 e. The third-order valence-electron chi connectivity index (χ3n) is 2.95. The van der Waals surface area contributed by atoms with Gasteiger partial charge in [0.1, 0.15) is 6.04 Å². The van der Waals surface area contributed by atoms with E-state index >= 15 is 0 Å². The number of rotatable bonds is 5. The Morgan fingerprint density at radius 1 is 1.50 bits per heavy atom. The fourth-order valence-electron chi connectivity index (χ4n) is 1.30. The van der Waals surface area contributed by atoms with Crippen LogP contribution in [-0.4, -0.2) is 43.2 Å². The van der Waals surface area contributed by atoms with Crippen molar-refractivity contribution in [2.45, 2.75) is 38.8 Å². The Balaban J connectivity index is 4.60. The van der Waals surface area contributed by atoms with Gasteiger partial charge in [-0.25, -0.2) is 0 Å². The van der Waals surface area contributed by atoms with Gasteiger partial charge in [-0.3, -0.25) is 4.79 Å². The molecule has 0 unspecified atom stereocenters. The molecule has 0 aliphatic rings. The normalized spacial score (nSPS) is 17.6. The maximum atomic E-state index is 11.5. The molecule has 0 spiro atoms. The highest BCUT2D eigenvalue weighted by atomic mass is 16.5. The van der Waals surface area contributed by atoms with Gasteiger partial charge in [0.05, 0.1) is 6.61 Å². The van der Waals surface area contributed by atoms with Gasteiger partial charge in [-0.1, -0.05) is 6.92 Å². The summed E-state index contributed by atoms with van der Waals surface area (Å²) in [5, 5.41) is 0. The van der Waals surface area contributed by atoms with Crippen LogP contribution in [0.3, 0.4) is 0 Å². The summed E-state index contributed by atoms with van der Waals surface area (Å²) in [6, 6.07) is -0.595. The Kier molecular flexibility index (Phi) is 5.08. The highest BCUT2D eigenvalue weighted by Gasteiger charge is 2.37. The number of carbonyl (C=O) groups is 1. The molecule has 0 aliphatic carbocycles. The lowest BCUT2D eigenvalue weighted by atomic mass is 9.88. The molecule has 0 fully saturated rings. The van der Waals surface area contributed by atoms with E-state index in [9.17, 15) is 4.79 Å². The molecule has 0 radical (unpaired) electrons. The first-order valence-corrected chi connectivity index (χ1v) is 4.99. The minimum Gasteiger partial charge on any atom is -0.465 e. The van der Waals surface area contributed by atoms with Crippen molar-refractivity contribution in [3.05, 3.63) is 0 Å². The summed E-state index contributed by atoms with van der Waals surface area (Å²) >= 11 is 0. The third-order valence-corrected chi connectivity index (χ3v) is 2.95. The second-order valence-corrected chi connectivity index (χ2v) is 3.83. The molecule has 0 aromatic heterocycles. The number of nitrogens with two attached hydrogens (primary N) is 1. The number of nitrogens with zero attached hydrogens (tertiary/aromatic N) is 1. The predicted octanol–water partition coefficient (Wildman–Crippen LogP) is 0.607. The molecule has 14 heavy (non-hydrogen) atoms. The molecule has 2 atom stereocenters. The standard InChI is InChI=1S/C10H22N2O2/c1-6-10(3,12(4)5)8(11)9(13)14-7-2/h8H,6-7,11H2,1-5H3/t8-,10+/m0/s1. The van der Waals surface area contributed by atoms with Crippen molar-refractivity contribution >= 4 is 5.97 Å². The van der Waals surface area contributed by atoms with Crippen LogP contribution in [0.2, 0.25) is 0 Å².